The molecule has 0 fully saturated rings. The summed E-state index contributed by atoms with van der Waals surface area (Å²) in [6.45, 7) is 0. The average Bonchev–Trinajstić information content (AvgIpc) is 2.41. The molecular formula is C13H13BrN4O2. The maximum atomic E-state index is 11.0. The molecule has 1 N–H and O–H groups in total. The van der Waals surface area contributed by atoms with Gasteiger partial charge in [0.25, 0.3) is 0 Å². The summed E-state index contributed by atoms with van der Waals surface area (Å²) in [6.07, 6.45) is 1.52. The molecule has 104 valence electrons. The van der Waals surface area contributed by atoms with Gasteiger partial charge in [0.15, 0.2) is 0 Å². The summed E-state index contributed by atoms with van der Waals surface area (Å²) in [5.41, 5.74) is 1.67. The van der Waals surface area contributed by atoms with Crippen LogP contribution in [0.5, 0.6) is 0 Å². The molecule has 7 heteroatoms. The van der Waals surface area contributed by atoms with E-state index in [1.807, 2.05) is 43.3 Å². The first-order valence-electron chi connectivity index (χ1n) is 5.81. The smallest absolute Gasteiger partial charge is 0.312 e. The van der Waals surface area contributed by atoms with Gasteiger partial charge in [-0.15, -0.1) is 0 Å². The molecule has 0 radical (unpaired) electrons. The van der Waals surface area contributed by atoms with E-state index in [1.165, 1.54) is 12.3 Å². The largest absolute Gasteiger partial charge is 0.378 e. The van der Waals surface area contributed by atoms with Crippen LogP contribution in [0.15, 0.2) is 41.0 Å². The highest BCUT2D eigenvalue weighted by Crippen LogP contribution is 2.29. The topological polar surface area (TPSA) is 71.3 Å². The lowest BCUT2D eigenvalue weighted by Gasteiger charge is -2.14. The van der Waals surface area contributed by atoms with E-state index >= 15 is 0 Å². The number of benzene rings is 1. The Labute approximate surface area is 124 Å². The number of rotatable bonds is 4. The van der Waals surface area contributed by atoms with Crippen molar-refractivity contribution in [2.24, 2.45) is 0 Å². The number of aromatic nitrogens is 1. The summed E-state index contributed by atoms with van der Waals surface area (Å²) in [4.78, 5) is 16.6. The van der Waals surface area contributed by atoms with Gasteiger partial charge in [-0.05, 0) is 34.1 Å². The van der Waals surface area contributed by atoms with E-state index in [4.69, 9.17) is 0 Å². The van der Waals surface area contributed by atoms with Gasteiger partial charge in [0.05, 0.1) is 4.92 Å². The van der Waals surface area contributed by atoms with Gasteiger partial charge in [-0.1, -0.05) is 6.07 Å². The zero-order valence-electron chi connectivity index (χ0n) is 11.0. The predicted octanol–water partition coefficient (Wildman–Crippen LogP) is 3.56. The fraction of sp³-hybridized carbons (Fsp3) is 0.154. The fourth-order valence-corrected chi connectivity index (χ4v) is 1.98. The molecule has 0 amide bonds. The van der Waals surface area contributed by atoms with E-state index in [0.717, 1.165) is 11.4 Å². The summed E-state index contributed by atoms with van der Waals surface area (Å²) in [5, 5.41) is 14.0. The first kappa shape index (κ1) is 14.3. The first-order chi connectivity index (χ1) is 9.47. The number of halogens is 1. The van der Waals surface area contributed by atoms with Gasteiger partial charge in [-0.25, -0.2) is 4.98 Å². The van der Waals surface area contributed by atoms with Crippen molar-refractivity contribution in [1.82, 2.24) is 4.98 Å². The van der Waals surface area contributed by atoms with Gasteiger partial charge in [0.1, 0.15) is 0 Å². The third kappa shape index (κ3) is 3.24. The van der Waals surface area contributed by atoms with Crippen LogP contribution >= 0.6 is 15.9 Å². The molecule has 20 heavy (non-hydrogen) atoms. The summed E-state index contributed by atoms with van der Waals surface area (Å²) >= 11 is 3.18. The Bertz CT molecular complexity index is 646. The number of hydrogen-bond acceptors (Lipinski definition) is 5. The van der Waals surface area contributed by atoms with Gasteiger partial charge in [0.2, 0.25) is 5.82 Å². The third-order valence-corrected chi connectivity index (χ3v) is 3.09. The van der Waals surface area contributed by atoms with Crippen LogP contribution in [-0.4, -0.2) is 24.0 Å². The van der Waals surface area contributed by atoms with Crippen LogP contribution in [0, 0.1) is 10.1 Å². The highest BCUT2D eigenvalue weighted by atomic mass is 79.9. The van der Waals surface area contributed by atoms with Crippen LogP contribution in [0.2, 0.25) is 0 Å². The van der Waals surface area contributed by atoms with Crippen molar-refractivity contribution in [3.8, 4) is 0 Å². The molecule has 0 aliphatic heterocycles. The molecule has 2 rings (SSSR count). The highest BCUT2D eigenvalue weighted by Gasteiger charge is 2.16. The molecule has 1 aromatic carbocycles. The second-order valence-corrected chi connectivity index (χ2v) is 5.26. The molecule has 1 heterocycles. The molecule has 0 bridgehead atoms. The molecule has 0 spiro atoms. The lowest BCUT2D eigenvalue weighted by atomic mass is 10.2. The minimum Gasteiger partial charge on any atom is -0.378 e. The first-order valence-corrected chi connectivity index (χ1v) is 6.61. The van der Waals surface area contributed by atoms with Crippen LogP contribution in [0.4, 0.5) is 22.9 Å². The Hall–Kier alpha value is -2.15. The number of hydrogen-bond donors (Lipinski definition) is 1. The van der Waals surface area contributed by atoms with Crippen LogP contribution in [0.25, 0.3) is 0 Å². The van der Waals surface area contributed by atoms with Gasteiger partial charge in [-0.3, -0.25) is 10.1 Å². The molecule has 0 unspecified atom stereocenters. The van der Waals surface area contributed by atoms with E-state index in [1.54, 1.807) is 0 Å². The van der Waals surface area contributed by atoms with Crippen LogP contribution in [0.1, 0.15) is 0 Å². The molecule has 2 aromatic rings. The normalized spacial score (nSPS) is 10.2. The third-order valence-electron chi connectivity index (χ3n) is 2.66. The monoisotopic (exact) mass is 336 g/mol. The van der Waals surface area contributed by atoms with E-state index in [0.29, 0.717) is 4.47 Å². The second kappa shape index (κ2) is 5.87. The standard InChI is InChI=1S/C13H13BrN4O2/c1-17(2)11-5-3-4-10(7-11)16-13-12(18(19)20)6-9(14)8-15-13/h3-8H,1-2H3,(H,15,16). The number of nitrogens with one attached hydrogen (secondary N) is 1. The number of nitrogens with zero attached hydrogens (tertiary/aromatic N) is 3. The second-order valence-electron chi connectivity index (χ2n) is 4.35. The summed E-state index contributed by atoms with van der Waals surface area (Å²) < 4.78 is 0.566. The summed E-state index contributed by atoms with van der Waals surface area (Å²) in [5.74, 6) is 0.217. The minimum absolute atomic E-state index is 0.0744. The lowest BCUT2D eigenvalue weighted by Crippen LogP contribution is -2.08. The van der Waals surface area contributed by atoms with E-state index in [9.17, 15) is 10.1 Å². The molecule has 0 saturated carbocycles. The van der Waals surface area contributed by atoms with Crippen molar-refractivity contribution in [3.63, 3.8) is 0 Å². The van der Waals surface area contributed by atoms with Crippen molar-refractivity contribution in [3.05, 3.63) is 51.1 Å². The molecule has 0 aliphatic rings. The Kier molecular flexibility index (Phi) is 4.19. The van der Waals surface area contributed by atoms with Crippen molar-refractivity contribution < 1.29 is 4.92 Å². The average molecular weight is 337 g/mol. The van der Waals surface area contributed by atoms with E-state index in [2.05, 4.69) is 26.2 Å². The van der Waals surface area contributed by atoms with Crippen LogP contribution < -0.4 is 10.2 Å². The van der Waals surface area contributed by atoms with E-state index in [-0.39, 0.29) is 11.5 Å². The van der Waals surface area contributed by atoms with Crippen LogP contribution in [-0.2, 0) is 0 Å². The molecule has 1 aromatic heterocycles. The molecule has 6 nitrogen and oxygen atoms in total. The Balaban J connectivity index is 2.35. The maximum Gasteiger partial charge on any atom is 0.312 e. The Morgan fingerprint density at radius 1 is 1.35 bits per heavy atom. The minimum atomic E-state index is -0.462. The molecule has 0 atom stereocenters. The van der Waals surface area contributed by atoms with Crippen molar-refractivity contribution in [2.75, 3.05) is 24.3 Å². The predicted molar refractivity (Wildman–Crippen MR) is 82.6 cm³/mol. The molecule has 0 aliphatic carbocycles. The number of pyridine rings is 1. The quantitative estimate of drug-likeness (QED) is 0.682. The van der Waals surface area contributed by atoms with Gasteiger partial charge < -0.3 is 10.2 Å². The Morgan fingerprint density at radius 3 is 2.75 bits per heavy atom. The maximum absolute atomic E-state index is 11.0. The van der Waals surface area contributed by atoms with E-state index < -0.39 is 4.92 Å². The lowest BCUT2D eigenvalue weighted by molar-refractivity contribution is -0.384. The van der Waals surface area contributed by atoms with Crippen molar-refractivity contribution >= 4 is 38.8 Å². The van der Waals surface area contributed by atoms with Crippen molar-refractivity contribution in [2.45, 2.75) is 0 Å². The fourth-order valence-electron chi connectivity index (χ4n) is 1.66. The zero-order chi connectivity index (χ0) is 14.7. The number of nitro groups is 1. The van der Waals surface area contributed by atoms with Gasteiger partial charge in [-0.2, -0.15) is 0 Å². The Morgan fingerprint density at radius 2 is 2.10 bits per heavy atom. The molecule has 0 saturated heterocycles. The zero-order valence-corrected chi connectivity index (χ0v) is 12.6. The molecular weight excluding hydrogens is 324 g/mol. The highest BCUT2D eigenvalue weighted by molar-refractivity contribution is 9.10. The SMILES string of the molecule is CN(C)c1cccc(Nc2ncc(Br)cc2[N+](=O)[O-])c1. The number of anilines is 3. The van der Waals surface area contributed by atoms with Crippen molar-refractivity contribution in [1.29, 1.82) is 0 Å². The van der Waals surface area contributed by atoms with Gasteiger partial charge in [0, 0.05) is 42.2 Å². The summed E-state index contributed by atoms with van der Waals surface area (Å²) in [7, 11) is 3.86. The van der Waals surface area contributed by atoms with Crippen LogP contribution in [0.3, 0.4) is 0 Å². The summed E-state index contributed by atoms with van der Waals surface area (Å²) in [6, 6.07) is 8.98. The van der Waals surface area contributed by atoms with Gasteiger partial charge >= 0.3 is 5.69 Å².